The van der Waals surface area contributed by atoms with Gasteiger partial charge in [0.25, 0.3) is 0 Å². The molecule has 0 spiro atoms. The van der Waals surface area contributed by atoms with Gasteiger partial charge in [-0.1, -0.05) is 0 Å². The Bertz CT molecular complexity index is 566. The lowest BCUT2D eigenvalue weighted by Gasteiger charge is -2.28. The first-order valence-electron chi connectivity index (χ1n) is 7.23. The van der Waals surface area contributed by atoms with E-state index in [1.54, 1.807) is 6.07 Å². The molecule has 1 heterocycles. The van der Waals surface area contributed by atoms with Crippen molar-refractivity contribution >= 4 is 5.69 Å². The molecule has 1 saturated heterocycles. The Hall–Kier alpha value is -1.82. The maximum Gasteiger partial charge on any atom is 0.417 e. The molecule has 5 nitrogen and oxygen atoms in total. The fourth-order valence-electron chi connectivity index (χ4n) is 2.38. The van der Waals surface area contributed by atoms with Gasteiger partial charge in [-0.3, -0.25) is 4.90 Å². The van der Waals surface area contributed by atoms with E-state index in [2.05, 4.69) is 10.2 Å². The van der Waals surface area contributed by atoms with Gasteiger partial charge in [0.1, 0.15) is 0 Å². The molecule has 2 rings (SSSR count). The van der Waals surface area contributed by atoms with Crippen LogP contribution in [0.4, 0.5) is 18.9 Å². The topological polar surface area (TPSA) is 68.5 Å². The number of morpholine rings is 1. The normalized spacial score (nSPS) is 17.5. The molecule has 0 bridgehead atoms. The second-order valence-electron chi connectivity index (χ2n) is 5.32. The van der Waals surface area contributed by atoms with Crippen LogP contribution < -0.4 is 5.32 Å². The lowest BCUT2D eigenvalue weighted by molar-refractivity contribution is -0.137. The molecule has 1 fully saturated rings. The fourth-order valence-corrected chi connectivity index (χ4v) is 2.38. The standard InChI is InChI=1S/C15H18F3N3O2/c16-15(17,18)14-2-1-12(7-11(14)8-19)20-9-13(22)10-21-3-5-23-6-4-21/h1-2,7,13,20,22H,3-6,9-10H2/t13-/m0/s1. The molecule has 0 aliphatic carbocycles. The number of aliphatic hydroxyl groups excluding tert-OH is 1. The van der Waals surface area contributed by atoms with Crippen LogP contribution in [0, 0.1) is 11.3 Å². The van der Waals surface area contributed by atoms with E-state index in [0.717, 1.165) is 25.2 Å². The van der Waals surface area contributed by atoms with Crippen molar-refractivity contribution in [2.75, 3.05) is 44.7 Å². The number of aliphatic hydroxyl groups is 1. The van der Waals surface area contributed by atoms with E-state index in [1.807, 2.05) is 0 Å². The van der Waals surface area contributed by atoms with Crippen LogP contribution in [-0.2, 0) is 10.9 Å². The summed E-state index contributed by atoms with van der Waals surface area (Å²) in [5, 5.41) is 21.7. The highest BCUT2D eigenvalue weighted by Crippen LogP contribution is 2.32. The number of ether oxygens (including phenoxy) is 1. The van der Waals surface area contributed by atoms with Crippen molar-refractivity contribution in [3.8, 4) is 6.07 Å². The van der Waals surface area contributed by atoms with Crippen molar-refractivity contribution in [1.29, 1.82) is 5.26 Å². The molecule has 1 atom stereocenters. The molecule has 126 valence electrons. The Morgan fingerprint density at radius 3 is 2.65 bits per heavy atom. The SMILES string of the molecule is N#Cc1cc(NC[C@H](O)CN2CCOCC2)ccc1C(F)(F)F. The third-order valence-electron chi connectivity index (χ3n) is 3.56. The largest absolute Gasteiger partial charge is 0.417 e. The van der Waals surface area contributed by atoms with E-state index in [9.17, 15) is 18.3 Å². The summed E-state index contributed by atoms with van der Waals surface area (Å²) in [5.41, 5.74) is -1.03. The molecule has 0 unspecified atom stereocenters. The summed E-state index contributed by atoms with van der Waals surface area (Å²) in [6, 6.07) is 4.82. The Morgan fingerprint density at radius 1 is 1.35 bits per heavy atom. The predicted octanol–water partition coefficient (Wildman–Crippen LogP) is 1.68. The van der Waals surface area contributed by atoms with Crippen molar-refractivity contribution in [3.05, 3.63) is 29.3 Å². The van der Waals surface area contributed by atoms with Crippen molar-refractivity contribution < 1.29 is 23.0 Å². The number of nitriles is 1. The zero-order valence-electron chi connectivity index (χ0n) is 12.4. The first-order valence-corrected chi connectivity index (χ1v) is 7.23. The molecule has 0 radical (unpaired) electrons. The monoisotopic (exact) mass is 329 g/mol. The van der Waals surface area contributed by atoms with Crippen LogP contribution in [0.2, 0.25) is 0 Å². The molecular formula is C15H18F3N3O2. The van der Waals surface area contributed by atoms with Gasteiger partial charge in [0, 0.05) is 31.9 Å². The van der Waals surface area contributed by atoms with Crippen molar-refractivity contribution in [1.82, 2.24) is 4.90 Å². The first kappa shape index (κ1) is 17.5. The number of hydrogen-bond acceptors (Lipinski definition) is 5. The third-order valence-corrected chi connectivity index (χ3v) is 3.56. The van der Waals surface area contributed by atoms with E-state index in [1.165, 1.54) is 6.07 Å². The number of β-amino-alcohol motifs (C(OH)–C–C–N with tert-alkyl or cyclic N) is 1. The van der Waals surface area contributed by atoms with Crippen LogP contribution in [0.15, 0.2) is 18.2 Å². The Kier molecular flexibility index (Phi) is 5.82. The number of halogens is 3. The maximum absolute atomic E-state index is 12.7. The quantitative estimate of drug-likeness (QED) is 0.860. The van der Waals surface area contributed by atoms with Gasteiger partial charge in [-0.2, -0.15) is 18.4 Å². The summed E-state index contributed by atoms with van der Waals surface area (Å²) in [6.45, 7) is 3.40. The molecule has 8 heteroatoms. The Balaban J connectivity index is 1.91. The molecule has 0 saturated carbocycles. The minimum atomic E-state index is -4.56. The van der Waals surface area contributed by atoms with Gasteiger partial charge in [0.2, 0.25) is 0 Å². The number of anilines is 1. The Labute approximate surface area is 132 Å². The van der Waals surface area contributed by atoms with Crippen LogP contribution in [0.3, 0.4) is 0 Å². The van der Waals surface area contributed by atoms with E-state index in [0.29, 0.717) is 25.4 Å². The second-order valence-corrected chi connectivity index (χ2v) is 5.32. The summed E-state index contributed by atoms with van der Waals surface area (Å²) in [6.07, 6.45) is -5.22. The zero-order valence-corrected chi connectivity index (χ0v) is 12.4. The van der Waals surface area contributed by atoms with Gasteiger partial charge in [0.05, 0.1) is 36.5 Å². The molecule has 23 heavy (non-hydrogen) atoms. The lowest BCUT2D eigenvalue weighted by Crippen LogP contribution is -2.42. The molecule has 0 aromatic heterocycles. The van der Waals surface area contributed by atoms with Crippen LogP contribution >= 0.6 is 0 Å². The van der Waals surface area contributed by atoms with Gasteiger partial charge in [-0.05, 0) is 18.2 Å². The zero-order chi connectivity index (χ0) is 16.9. The van der Waals surface area contributed by atoms with Crippen LogP contribution in [0.5, 0.6) is 0 Å². The summed E-state index contributed by atoms with van der Waals surface area (Å²) >= 11 is 0. The minimum absolute atomic E-state index is 0.188. The highest BCUT2D eigenvalue weighted by Gasteiger charge is 2.33. The van der Waals surface area contributed by atoms with Crippen LogP contribution in [0.1, 0.15) is 11.1 Å². The summed E-state index contributed by atoms with van der Waals surface area (Å²) < 4.78 is 43.4. The van der Waals surface area contributed by atoms with Crippen molar-refractivity contribution in [3.63, 3.8) is 0 Å². The fraction of sp³-hybridized carbons (Fsp3) is 0.533. The van der Waals surface area contributed by atoms with Crippen molar-refractivity contribution in [2.45, 2.75) is 12.3 Å². The van der Waals surface area contributed by atoms with Crippen LogP contribution in [0.25, 0.3) is 0 Å². The molecular weight excluding hydrogens is 311 g/mol. The summed E-state index contributed by atoms with van der Waals surface area (Å²) in [5.74, 6) is 0. The Morgan fingerprint density at radius 2 is 2.04 bits per heavy atom. The van der Waals surface area contributed by atoms with Gasteiger partial charge in [-0.25, -0.2) is 0 Å². The molecule has 0 amide bonds. The van der Waals surface area contributed by atoms with E-state index < -0.39 is 23.4 Å². The maximum atomic E-state index is 12.7. The molecule has 1 aromatic rings. The van der Waals surface area contributed by atoms with Gasteiger partial charge in [-0.15, -0.1) is 0 Å². The van der Waals surface area contributed by atoms with Gasteiger partial charge in [0.15, 0.2) is 0 Å². The number of rotatable bonds is 5. The smallest absolute Gasteiger partial charge is 0.390 e. The molecule has 2 N–H and O–H groups in total. The van der Waals surface area contributed by atoms with Gasteiger partial charge >= 0.3 is 6.18 Å². The second kappa shape index (κ2) is 7.64. The number of nitrogens with zero attached hydrogens (tertiary/aromatic N) is 2. The molecule has 1 aliphatic rings. The number of benzene rings is 1. The highest BCUT2D eigenvalue weighted by molar-refractivity contribution is 5.53. The van der Waals surface area contributed by atoms with E-state index >= 15 is 0 Å². The minimum Gasteiger partial charge on any atom is -0.390 e. The molecule has 1 aliphatic heterocycles. The van der Waals surface area contributed by atoms with Gasteiger partial charge < -0.3 is 15.2 Å². The number of nitrogens with one attached hydrogen (secondary N) is 1. The predicted molar refractivity (Wildman–Crippen MR) is 77.9 cm³/mol. The highest BCUT2D eigenvalue weighted by atomic mass is 19.4. The molecule has 1 aromatic carbocycles. The van der Waals surface area contributed by atoms with E-state index in [4.69, 9.17) is 10.00 Å². The number of alkyl halides is 3. The van der Waals surface area contributed by atoms with E-state index in [-0.39, 0.29) is 6.54 Å². The summed E-state index contributed by atoms with van der Waals surface area (Å²) in [4.78, 5) is 2.06. The van der Waals surface area contributed by atoms with Crippen molar-refractivity contribution in [2.24, 2.45) is 0 Å². The average molecular weight is 329 g/mol. The van der Waals surface area contributed by atoms with Crippen LogP contribution in [-0.4, -0.2) is 55.5 Å². The third kappa shape index (κ3) is 5.10. The first-order chi connectivity index (χ1) is 10.9. The summed E-state index contributed by atoms with van der Waals surface area (Å²) in [7, 11) is 0. The average Bonchev–Trinajstić information content (AvgIpc) is 2.52. The number of hydrogen-bond donors (Lipinski definition) is 2. The lowest BCUT2D eigenvalue weighted by atomic mass is 10.1.